The van der Waals surface area contributed by atoms with Crippen LogP contribution in [0.4, 0.5) is 0 Å². The molecule has 0 amide bonds. The van der Waals surface area contributed by atoms with Crippen LogP contribution >= 0.6 is 0 Å². The lowest BCUT2D eigenvalue weighted by molar-refractivity contribution is -0.144. The highest BCUT2D eigenvalue weighted by Crippen LogP contribution is 2.36. The number of nitrogens with zero attached hydrogens (tertiary/aromatic N) is 4. The predicted octanol–water partition coefficient (Wildman–Crippen LogP) is 23.8. The molecule has 4 heterocycles. The van der Waals surface area contributed by atoms with Gasteiger partial charge >= 0.3 is 0 Å². The molecule has 6 saturated carbocycles. The topological polar surface area (TPSA) is 189 Å². The molecule has 20 heteroatoms. The van der Waals surface area contributed by atoms with Crippen molar-refractivity contribution in [3.8, 4) is 0 Å². The lowest BCUT2D eigenvalue weighted by atomic mass is 9.83. The Balaban J connectivity index is 0.000000756. The molecule has 0 aromatic rings. The van der Waals surface area contributed by atoms with Gasteiger partial charge in [-0.2, -0.15) is 0 Å². The summed E-state index contributed by atoms with van der Waals surface area (Å²) in [5, 5.41) is 36.1. The Morgan fingerprint density at radius 2 is 0.235 bits per heavy atom. The molecule has 0 bridgehead atoms. The van der Waals surface area contributed by atoms with Gasteiger partial charge in [-0.15, -0.1) is 0 Å². The third-order valence-electron chi connectivity index (χ3n) is 23.4. The van der Waals surface area contributed by atoms with Crippen LogP contribution in [-0.2, 0) is 28.4 Å². The van der Waals surface area contributed by atoms with Crippen molar-refractivity contribution in [2.75, 3.05) is 52.4 Å². The van der Waals surface area contributed by atoms with Gasteiger partial charge in [-0.25, -0.2) is 0 Å². The second kappa shape index (κ2) is 51.4. The monoisotopic (exact) mass is 1930 g/mol. The summed E-state index contributed by atoms with van der Waals surface area (Å²) in [7, 11) is 0. The minimum Gasteiger partial charge on any atom is -0.373 e. The zero-order valence-corrected chi connectivity index (χ0v) is 103. The molecule has 10 fully saturated rings. The highest BCUT2D eigenvalue weighted by Gasteiger charge is 2.44. The van der Waals surface area contributed by atoms with Crippen molar-refractivity contribution < 1.29 is 28.4 Å². The fourth-order valence-electron chi connectivity index (χ4n) is 18.3. The number of hydrogen-bond donors (Lipinski definition) is 10. The summed E-state index contributed by atoms with van der Waals surface area (Å²) < 4.78 is 35.2. The number of likely N-dealkylation sites (tertiary alicyclic amines) is 4. The van der Waals surface area contributed by atoms with Gasteiger partial charge in [0, 0.05) is 190 Å². The second-order valence-corrected chi connectivity index (χ2v) is 63.2. The minimum atomic E-state index is 0.00857. The first kappa shape index (κ1) is 133. The Hall–Kier alpha value is -0.800. The van der Waals surface area contributed by atoms with Gasteiger partial charge in [-0.1, -0.05) is 0 Å². The lowest BCUT2D eigenvalue weighted by Gasteiger charge is -2.49. The van der Waals surface area contributed by atoms with E-state index in [-0.39, 0.29) is 89.0 Å². The van der Waals surface area contributed by atoms with Crippen LogP contribution in [0.5, 0.6) is 0 Å². The Kier molecular flexibility index (Phi) is 50.4. The summed E-state index contributed by atoms with van der Waals surface area (Å²) >= 11 is 0. The third-order valence-corrected chi connectivity index (χ3v) is 23.4. The van der Waals surface area contributed by atoms with Gasteiger partial charge < -0.3 is 81.6 Å². The number of rotatable bonds is 16. The summed E-state index contributed by atoms with van der Waals surface area (Å²) in [4.78, 5) is 9.92. The van der Waals surface area contributed by atoms with E-state index in [0.717, 1.165) is 102 Å². The highest BCUT2D eigenvalue weighted by atomic mass is 16.5. The molecule has 0 radical (unpaired) electrons. The standard InChI is InChI=1S/2C12H26N2.4C12H25NO.2C11H24N2.2C11H23NO/c6*1-11(2,3)13-9-7-10(8-9)14-12(4,5)6;2*1-10(2,3)12-9-7-13(8-9)11(4,5)6;2*1-10(2,3)12-7-9(8-12)13-11(4,5)6/h2*9-10,13-14H,7-8H2,1-6H3;4*9-10,13H,7-8H2,1-6H3;2*9,12H,7-8H2,1-6H3;2*9H,7-8H2,1-6H3. The van der Waals surface area contributed by atoms with Crippen LogP contribution in [0.2, 0.25) is 0 Å². The molecule has 0 aromatic carbocycles. The molecule has 6 aliphatic carbocycles. The van der Waals surface area contributed by atoms with Gasteiger partial charge in [0.05, 0.1) is 70.2 Å². The number of ether oxygens (including phenoxy) is 6. The Bertz CT molecular complexity index is 2570. The van der Waals surface area contributed by atoms with E-state index in [2.05, 4.69) is 488 Å². The van der Waals surface area contributed by atoms with E-state index in [0.29, 0.717) is 95.0 Å². The summed E-state index contributed by atoms with van der Waals surface area (Å²) in [6.07, 6.45) is 17.1. The number of nitrogens with one attached hydrogen (secondary N) is 10. The quantitative estimate of drug-likeness (QED) is 0.0702. The third kappa shape index (κ3) is 69.4. The van der Waals surface area contributed by atoms with Crippen LogP contribution in [0.3, 0.4) is 0 Å². The molecular weight excluding hydrogens is 1690 g/mol. The zero-order chi connectivity index (χ0) is 107. The summed E-state index contributed by atoms with van der Waals surface area (Å²) in [5.74, 6) is 0. The number of hydrogen-bond acceptors (Lipinski definition) is 20. The molecule has 0 spiro atoms. The SMILES string of the molecule is CC(C)(C)NC1CC(NC(C)(C)C)C1.CC(C)(C)NC1CC(NC(C)(C)C)C1.CC(C)(C)NC1CC(OC(C)(C)C)C1.CC(C)(C)NC1CC(OC(C)(C)C)C1.CC(C)(C)NC1CC(OC(C)(C)C)C1.CC(C)(C)NC1CC(OC(C)(C)C)C1.CC(C)(C)NC1CN(C(C)(C)C)C1.CC(C)(C)NC1CN(C(C)(C)C)C1.CC(C)(C)OC1CN(C(C)(C)C)C1.CC(C)(C)OC1CN(C(C)(C)C)C1. The smallest absolute Gasteiger partial charge is 0.0836 e. The van der Waals surface area contributed by atoms with E-state index in [4.69, 9.17) is 28.4 Å². The van der Waals surface area contributed by atoms with Gasteiger partial charge in [0.1, 0.15) is 0 Å². The van der Waals surface area contributed by atoms with Crippen LogP contribution in [0, 0.1) is 0 Å². The van der Waals surface area contributed by atoms with E-state index >= 15 is 0 Å². The van der Waals surface area contributed by atoms with Gasteiger partial charge in [-0.05, 0) is 492 Å². The molecule has 10 aliphatic rings. The Morgan fingerprint density at radius 1 is 0.132 bits per heavy atom. The Labute approximate surface area is 849 Å². The predicted molar refractivity (Wildman–Crippen MR) is 595 cm³/mol. The molecule has 0 unspecified atom stereocenters. The molecule has 4 saturated heterocycles. The average molecular weight is 1930 g/mol. The zero-order valence-electron chi connectivity index (χ0n) is 103. The van der Waals surface area contributed by atoms with E-state index in [1.54, 1.807) is 0 Å². The molecule has 0 aromatic heterocycles. The fourth-order valence-corrected chi connectivity index (χ4v) is 18.3. The van der Waals surface area contributed by atoms with Crippen molar-refractivity contribution in [3.63, 3.8) is 0 Å². The van der Waals surface area contributed by atoms with Crippen LogP contribution in [-0.4, -0.2) is 280 Å². The lowest BCUT2D eigenvalue weighted by Crippen LogP contribution is -2.66. The maximum absolute atomic E-state index is 5.88. The van der Waals surface area contributed by atoms with E-state index in [9.17, 15) is 0 Å². The van der Waals surface area contributed by atoms with E-state index in [1.807, 2.05) is 0 Å². The van der Waals surface area contributed by atoms with Crippen LogP contribution in [0.25, 0.3) is 0 Å². The van der Waals surface area contributed by atoms with Crippen LogP contribution < -0.4 is 53.2 Å². The minimum absolute atomic E-state index is 0.00857. The Morgan fingerprint density at radius 3 is 0.346 bits per heavy atom. The van der Waals surface area contributed by atoms with Gasteiger partial charge in [0.25, 0.3) is 0 Å². The molecular formula is C116H246N14O6. The van der Waals surface area contributed by atoms with Crippen molar-refractivity contribution in [1.29, 1.82) is 0 Å². The highest BCUT2D eigenvalue weighted by molar-refractivity contribution is 5.02. The largest absolute Gasteiger partial charge is 0.373 e. The van der Waals surface area contributed by atoms with Gasteiger partial charge in [-0.3, -0.25) is 19.6 Å². The first-order valence-electron chi connectivity index (χ1n) is 54.5. The molecule has 4 aliphatic heterocycles. The summed E-state index contributed by atoms with van der Waals surface area (Å²) in [5.41, 5.74) is 3.85. The maximum Gasteiger partial charge on any atom is 0.0836 e. The first-order valence-corrected chi connectivity index (χ1v) is 54.5. The summed E-state index contributed by atoms with van der Waals surface area (Å²) in [6, 6.07) is 6.88. The first-order chi connectivity index (χ1) is 59.7. The van der Waals surface area contributed by atoms with E-state index < -0.39 is 0 Å². The molecule has 20 nitrogen and oxygen atoms in total. The van der Waals surface area contributed by atoms with Crippen LogP contribution in [0.1, 0.15) is 492 Å². The molecule has 0 atom stereocenters. The van der Waals surface area contributed by atoms with Crippen molar-refractivity contribution in [3.05, 3.63) is 0 Å². The molecule has 136 heavy (non-hydrogen) atoms. The molecule has 816 valence electrons. The molecule has 10 rings (SSSR count). The maximum atomic E-state index is 5.88. The van der Waals surface area contributed by atoms with Crippen molar-refractivity contribution in [2.45, 2.75) is 701 Å². The van der Waals surface area contributed by atoms with Crippen molar-refractivity contribution in [2.24, 2.45) is 0 Å². The average Bonchev–Trinajstić information content (AvgIpc) is 0.808. The summed E-state index contributed by atoms with van der Waals surface area (Å²) in [6.45, 7) is 141. The second-order valence-electron chi connectivity index (χ2n) is 63.2. The normalized spacial score (nSPS) is 26.0. The van der Waals surface area contributed by atoms with Gasteiger partial charge in [0.2, 0.25) is 0 Å². The van der Waals surface area contributed by atoms with Gasteiger partial charge in [0.15, 0.2) is 0 Å². The molecule has 10 N–H and O–H groups in total. The van der Waals surface area contributed by atoms with Crippen molar-refractivity contribution >= 4 is 0 Å². The van der Waals surface area contributed by atoms with Crippen molar-refractivity contribution in [1.82, 2.24) is 72.8 Å². The van der Waals surface area contributed by atoms with E-state index in [1.165, 1.54) is 51.9 Å². The van der Waals surface area contributed by atoms with Crippen LogP contribution in [0.15, 0.2) is 0 Å². The fraction of sp³-hybridized carbons (Fsp3) is 1.00.